The number of benzene rings is 1. The molecule has 21 heavy (non-hydrogen) atoms. The van der Waals surface area contributed by atoms with Crippen LogP contribution in [0.3, 0.4) is 0 Å². The maximum atomic E-state index is 12.7. The minimum Gasteiger partial charge on any atom is -0.369 e. The predicted molar refractivity (Wildman–Crippen MR) is 84.9 cm³/mol. The van der Waals surface area contributed by atoms with Gasteiger partial charge in [-0.15, -0.1) is 0 Å². The molecule has 114 valence electrons. The molecular formula is C18H26N2O. The van der Waals surface area contributed by atoms with Gasteiger partial charge in [-0.25, -0.2) is 0 Å². The Hall–Kier alpha value is -1.35. The molecule has 2 atom stereocenters. The Labute approximate surface area is 127 Å². The molecule has 3 N–H and O–H groups in total. The summed E-state index contributed by atoms with van der Waals surface area (Å²) in [7, 11) is 0. The maximum absolute atomic E-state index is 12.7. The second-order valence-corrected chi connectivity index (χ2v) is 6.62. The van der Waals surface area contributed by atoms with Gasteiger partial charge in [0, 0.05) is 0 Å². The maximum Gasteiger partial charge on any atom is 0.228 e. The molecule has 0 spiro atoms. The molecule has 1 heterocycles. The van der Waals surface area contributed by atoms with Crippen molar-refractivity contribution in [3.05, 3.63) is 35.9 Å². The second-order valence-electron chi connectivity index (χ2n) is 6.62. The van der Waals surface area contributed by atoms with E-state index < -0.39 is 5.41 Å². The summed E-state index contributed by atoms with van der Waals surface area (Å²) < 4.78 is 0. The first kappa shape index (κ1) is 14.6. The summed E-state index contributed by atoms with van der Waals surface area (Å²) in [4.78, 5) is 12.7. The van der Waals surface area contributed by atoms with Gasteiger partial charge in [-0.1, -0.05) is 49.6 Å². The molecule has 3 nitrogen and oxygen atoms in total. The predicted octanol–water partition coefficient (Wildman–Crippen LogP) is 2.60. The van der Waals surface area contributed by atoms with Crippen LogP contribution in [0.5, 0.6) is 0 Å². The summed E-state index contributed by atoms with van der Waals surface area (Å²) in [5.41, 5.74) is 6.70. The van der Waals surface area contributed by atoms with Crippen molar-refractivity contribution in [2.75, 3.05) is 13.1 Å². The van der Waals surface area contributed by atoms with Crippen LogP contribution in [0.2, 0.25) is 0 Å². The number of hydrogen-bond donors (Lipinski definition) is 2. The van der Waals surface area contributed by atoms with Crippen molar-refractivity contribution in [1.29, 1.82) is 0 Å². The summed E-state index contributed by atoms with van der Waals surface area (Å²) in [5, 5.41) is 3.43. The molecule has 1 unspecified atom stereocenters. The fourth-order valence-corrected chi connectivity index (χ4v) is 4.66. The van der Waals surface area contributed by atoms with Crippen molar-refractivity contribution in [2.24, 2.45) is 17.6 Å². The standard InChI is InChI=1S/C18H26N2O/c19-17(21)18(16-11-12-20-13-16,14-7-3-1-4-8-14)15-9-5-2-6-10-15/h1,3-4,7-8,15-16,20H,2,5-6,9-13H2,(H2,19,21)/t16-,18?/m1/s1. The molecule has 2 fully saturated rings. The average molecular weight is 286 g/mol. The Morgan fingerprint density at radius 2 is 1.76 bits per heavy atom. The fourth-order valence-electron chi connectivity index (χ4n) is 4.66. The smallest absolute Gasteiger partial charge is 0.228 e. The summed E-state index contributed by atoms with van der Waals surface area (Å²) in [6.45, 7) is 1.91. The summed E-state index contributed by atoms with van der Waals surface area (Å²) in [5.74, 6) is 0.617. The van der Waals surface area contributed by atoms with Gasteiger partial charge in [-0.05, 0) is 49.8 Å². The van der Waals surface area contributed by atoms with Crippen molar-refractivity contribution in [1.82, 2.24) is 5.32 Å². The minimum absolute atomic E-state index is 0.116. The Balaban J connectivity index is 2.08. The normalized spacial score (nSPS) is 26.4. The first-order chi connectivity index (χ1) is 10.3. The number of carbonyl (C=O) groups excluding carboxylic acids is 1. The molecule has 1 aliphatic heterocycles. The first-order valence-electron chi connectivity index (χ1n) is 8.32. The van der Waals surface area contributed by atoms with Crippen LogP contribution in [-0.4, -0.2) is 19.0 Å². The molecule has 1 aromatic carbocycles. The lowest BCUT2D eigenvalue weighted by molar-refractivity contribution is -0.128. The number of hydrogen-bond acceptors (Lipinski definition) is 2. The summed E-state index contributed by atoms with van der Waals surface area (Å²) >= 11 is 0. The van der Waals surface area contributed by atoms with Gasteiger partial charge in [-0.3, -0.25) is 4.79 Å². The highest BCUT2D eigenvalue weighted by molar-refractivity contribution is 5.87. The Morgan fingerprint density at radius 1 is 1.05 bits per heavy atom. The quantitative estimate of drug-likeness (QED) is 0.894. The number of amides is 1. The summed E-state index contributed by atoms with van der Waals surface area (Å²) in [6, 6.07) is 10.3. The molecule has 2 aliphatic rings. The van der Waals surface area contributed by atoms with Gasteiger partial charge in [0.2, 0.25) is 5.91 Å². The molecule has 1 saturated carbocycles. The van der Waals surface area contributed by atoms with Gasteiger partial charge in [-0.2, -0.15) is 0 Å². The monoisotopic (exact) mass is 286 g/mol. The van der Waals surface area contributed by atoms with E-state index in [1.165, 1.54) is 19.3 Å². The number of rotatable bonds is 4. The lowest BCUT2D eigenvalue weighted by atomic mass is 9.58. The summed E-state index contributed by atoms with van der Waals surface area (Å²) in [6.07, 6.45) is 7.07. The van der Waals surface area contributed by atoms with Crippen LogP contribution < -0.4 is 11.1 Å². The zero-order chi connectivity index (χ0) is 14.7. The van der Waals surface area contributed by atoms with E-state index in [1.54, 1.807) is 0 Å². The topological polar surface area (TPSA) is 55.1 Å². The van der Waals surface area contributed by atoms with E-state index in [1.807, 2.05) is 18.2 Å². The van der Waals surface area contributed by atoms with Crippen molar-refractivity contribution >= 4 is 5.91 Å². The van der Waals surface area contributed by atoms with E-state index in [0.29, 0.717) is 11.8 Å². The highest BCUT2D eigenvalue weighted by atomic mass is 16.1. The SMILES string of the molecule is NC(=O)C(c1ccccc1)(C1CCCCC1)[C@@H]1CCNC1. The third-order valence-corrected chi connectivity index (χ3v) is 5.61. The van der Waals surface area contributed by atoms with Gasteiger partial charge >= 0.3 is 0 Å². The van der Waals surface area contributed by atoms with Crippen LogP contribution in [0.25, 0.3) is 0 Å². The van der Waals surface area contributed by atoms with E-state index in [-0.39, 0.29) is 5.91 Å². The lowest BCUT2D eigenvalue weighted by Gasteiger charge is -2.44. The van der Waals surface area contributed by atoms with E-state index in [0.717, 1.165) is 37.9 Å². The van der Waals surface area contributed by atoms with Crippen LogP contribution >= 0.6 is 0 Å². The number of carbonyl (C=O) groups is 1. The van der Waals surface area contributed by atoms with Crippen LogP contribution in [0.15, 0.2) is 30.3 Å². The van der Waals surface area contributed by atoms with Gasteiger partial charge in [0.15, 0.2) is 0 Å². The van der Waals surface area contributed by atoms with Crippen molar-refractivity contribution in [2.45, 2.75) is 43.9 Å². The highest BCUT2D eigenvalue weighted by Crippen LogP contribution is 2.47. The van der Waals surface area contributed by atoms with Gasteiger partial charge in [0.1, 0.15) is 0 Å². The molecule has 0 radical (unpaired) electrons. The van der Waals surface area contributed by atoms with E-state index in [4.69, 9.17) is 5.73 Å². The van der Waals surface area contributed by atoms with Gasteiger partial charge < -0.3 is 11.1 Å². The zero-order valence-electron chi connectivity index (χ0n) is 12.7. The lowest BCUT2D eigenvalue weighted by Crippen LogP contribution is -2.53. The molecule has 1 aliphatic carbocycles. The molecule has 1 aromatic rings. The third kappa shape index (κ3) is 2.48. The van der Waals surface area contributed by atoms with Crippen LogP contribution in [0.1, 0.15) is 44.1 Å². The third-order valence-electron chi connectivity index (χ3n) is 5.61. The molecule has 3 heteroatoms. The molecule has 3 rings (SSSR count). The van der Waals surface area contributed by atoms with E-state index in [2.05, 4.69) is 17.4 Å². The molecule has 1 amide bonds. The average Bonchev–Trinajstić information content (AvgIpc) is 3.04. The highest BCUT2D eigenvalue weighted by Gasteiger charge is 2.51. The van der Waals surface area contributed by atoms with Crippen LogP contribution in [-0.2, 0) is 10.2 Å². The largest absolute Gasteiger partial charge is 0.369 e. The zero-order valence-corrected chi connectivity index (χ0v) is 12.7. The Bertz CT molecular complexity index is 475. The molecule has 0 aromatic heterocycles. The number of primary amides is 1. The first-order valence-corrected chi connectivity index (χ1v) is 8.32. The van der Waals surface area contributed by atoms with Crippen LogP contribution in [0.4, 0.5) is 0 Å². The number of nitrogens with two attached hydrogens (primary N) is 1. The van der Waals surface area contributed by atoms with Crippen molar-refractivity contribution < 1.29 is 4.79 Å². The molecule has 1 saturated heterocycles. The Morgan fingerprint density at radius 3 is 2.33 bits per heavy atom. The Kier molecular flexibility index (Phi) is 4.29. The van der Waals surface area contributed by atoms with Crippen LogP contribution in [0, 0.1) is 11.8 Å². The van der Waals surface area contributed by atoms with Crippen molar-refractivity contribution in [3.63, 3.8) is 0 Å². The number of nitrogens with one attached hydrogen (secondary N) is 1. The van der Waals surface area contributed by atoms with Gasteiger partial charge in [0.25, 0.3) is 0 Å². The molecule has 0 bridgehead atoms. The fraction of sp³-hybridized carbons (Fsp3) is 0.611. The van der Waals surface area contributed by atoms with Gasteiger partial charge in [0.05, 0.1) is 5.41 Å². The van der Waals surface area contributed by atoms with E-state index in [9.17, 15) is 4.79 Å². The molecular weight excluding hydrogens is 260 g/mol. The minimum atomic E-state index is -0.481. The van der Waals surface area contributed by atoms with E-state index >= 15 is 0 Å². The van der Waals surface area contributed by atoms with Crippen molar-refractivity contribution in [3.8, 4) is 0 Å². The second kappa shape index (κ2) is 6.18.